The molecular formula is C14H11ClF2N4. The van der Waals surface area contributed by atoms with Gasteiger partial charge in [0.1, 0.15) is 22.6 Å². The average molecular weight is 309 g/mol. The summed E-state index contributed by atoms with van der Waals surface area (Å²) < 4.78 is 28.3. The number of benzene rings is 1. The molecular weight excluding hydrogens is 298 g/mol. The van der Waals surface area contributed by atoms with Crippen molar-refractivity contribution in [1.29, 1.82) is 0 Å². The van der Waals surface area contributed by atoms with Gasteiger partial charge >= 0.3 is 0 Å². The van der Waals surface area contributed by atoms with Gasteiger partial charge in [-0.3, -0.25) is 0 Å². The van der Waals surface area contributed by atoms with Gasteiger partial charge in [-0.25, -0.2) is 13.8 Å². The van der Waals surface area contributed by atoms with Gasteiger partial charge in [0.15, 0.2) is 5.65 Å². The van der Waals surface area contributed by atoms with Crippen LogP contribution in [0.15, 0.2) is 36.5 Å². The Morgan fingerprint density at radius 3 is 2.81 bits per heavy atom. The standard InChI is InChI=1S/C14H11ClF2N4/c1-8(10-3-2-9(16)6-11(10)17)19-14-7-12(15)20-13-4-5-18-21(13)14/h2-8,19H,1H3/t8-/m1/s1. The second-order valence-corrected chi connectivity index (χ2v) is 4.98. The van der Waals surface area contributed by atoms with Crippen molar-refractivity contribution in [3.63, 3.8) is 0 Å². The molecule has 0 aliphatic rings. The Morgan fingerprint density at radius 2 is 2.05 bits per heavy atom. The van der Waals surface area contributed by atoms with Crippen LogP contribution in [0.4, 0.5) is 14.6 Å². The van der Waals surface area contributed by atoms with Gasteiger partial charge in [0, 0.05) is 23.8 Å². The first-order chi connectivity index (χ1) is 10.0. The van der Waals surface area contributed by atoms with Crippen molar-refractivity contribution >= 4 is 23.1 Å². The molecule has 1 N–H and O–H groups in total. The van der Waals surface area contributed by atoms with Crippen LogP contribution in [0, 0.1) is 11.6 Å². The van der Waals surface area contributed by atoms with Gasteiger partial charge in [0.2, 0.25) is 0 Å². The molecule has 108 valence electrons. The highest BCUT2D eigenvalue weighted by atomic mass is 35.5. The Bertz CT molecular complexity index is 803. The maximum absolute atomic E-state index is 13.8. The van der Waals surface area contributed by atoms with Crippen LogP contribution in [0.1, 0.15) is 18.5 Å². The van der Waals surface area contributed by atoms with E-state index in [1.54, 1.807) is 29.8 Å². The Kier molecular flexibility index (Phi) is 3.47. The van der Waals surface area contributed by atoms with Crippen molar-refractivity contribution in [2.45, 2.75) is 13.0 Å². The van der Waals surface area contributed by atoms with Gasteiger partial charge in [-0.2, -0.15) is 9.61 Å². The van der Waals surface area contributed by atoms with Crippen LogP contribution in [0.5, 0.6) is 0 Å². The molecule has 1 atom stereocenters. The van der Waals surface area contributed by atoms with E-state index in [1.165, 1.54) is 12.1 Å². The number of fused-ring (bicyclic) bond motifs is 1. The average Bonchev–Trinajstić information content (AvgIpc) is 2.86. The van der Waals surface area contributed by atoms with Crippen molar-refractivity contribution in [2.75, 3.05) is 5.32 Å². The zero-order valence-electron chi connectivity index (χ0n) is 11.0. The number of hydrogen-bond donors (Lipinski definition) is 1. The highest BCUT2D eigenvalue weighted by Gasteiger charge is 2.14. The van der Waals surface area contributed by atoms with Crippen LogP contribution in [-0.4, -0.2) is 14.6 Å². The van der Waals surface area contributed by atoms with Crippen molar-refractivity contribution in [2.24, 2.45) is 0 Å². The molecule has 0 unspecified atom stereocenters. The van der Waals surface area contributed by atoms with Crippen molar-refractivity contribution < 1.29 is 8.78 Å². The normalized spacial score (nSPS) is 12.6. The van der Waals surface area contributed by atoms with Crippen molar-refractivity contribution in [3.8, 4) is 0 Å². The second kappa shape index (κ2) is 5.29. The Morgan fingerprint density at radius 1 is 1.24 bits per heavy atom. The van der Waals surface area contributed by atoms with E-state index in [0.29, 0.717) is 22.2 Å². The number of aromatic nitrogens is 3. The minimum Gasteiger partial charge on any atom is -0.363 e. The van der Waals surface area contributed by atoms with E-state index in [1.807, 2.05) is 0 Å². The van der Waals surface area contributed by atoms with Gasteiger partial charge in [-0.1, -0.05) is 17.7 Å². The fourth-order valence-electron chi connectivity index (χ4n) is 2.14. The first-order valence-corrected chi connectivity index (χ1v) is 6.64. The fraction of sp³-hybridized carbons (Fsp3) is 0.143. The summed E-state index contributed by atoms with van der Waals surface area (Å²) in [7, 11) is 0. The zero-order chi connectivity index (χ0) is 15.0. The maximum atomic E-state index is 13.8. The first-order valence-electron chi connectivity index (χ1n) is 6.26. The molecule has 0 amide bonds. The highest BCUT2D eigenvalue weighted by molar-refractivity contribution is 6.29. The molecule has 1 aromatic carbocycles. The van der Waals surface area contributed by atoms with E-state index in [-0.39, 0.29) is 0 Å². The lowest BCUT2D eigenvalue weighted by molar-refractivity contribution is 0.566. The second-order valence-electron chi connectivity index (χ2n) is 4.60. The fourth-order valence-corrected chi connectivity index (χ4v) is 2.33. The van der Waals surface area contributed by atoms with E-state index in [9.17, 15) is 8.78 Å². The summed E-state index contributed by atoms with van der Waals surface area (Å²) in [5.41, 5.74) is 0.932. The molecule has 3 rings (SSSR count). The number of halogens is 3. The third kappa shape index (κ3) is 2.67. The van der Waals surface area contributed by atoms with Crippen LogP contribution in [0.2, 0.25) is 5.15 Å². The molecule has 0 fully saturated rings. The molecule has 0 aliphatic heterocycles. The number of hydrogen-bond acceptors (Lipinski definition) is 3. The molecule has 3 aromatic rings. The minimum atomic E-state index is -0.607. The van der Waals surface area contributed by atoms with Gasteiger partial charge in [-0.15, -0.1) is 0 Å². The monoisotopic (exact) mass is 308 g/mol. The molecule has 0 saturated heterocycles. The molecule has 2 aromatic heterocycles. The number of anilines is 1. The lowest BCUT2D eigenvalue weighted by atomic mass is 10.1. The summed E-state index contributed by atoms with van der Waals surface area (Å²) in [5, 5.41) is 7.53. The number of nitrogens with one attached hydrogen (secondary N) is 1. The third-order valence-electron chi connectivity index (χ3n) is 3.12. The van der Waals surface area contributed by atoms with E-state index < -0.39 is 17.7 Å². The van der Waals surface area contributed by atoms with Crippen molar-refractivity contribution in [3.05, 3.63) is 58.9 Å². The lowest BCUT2D eigenvalue weighted by Crippen LogP contribution is -2.12. The molecule has 21 heavy (non-hydrogen) atoms. The largest absolute Gasteiger partial charge is 0.363 e. The summed E-state index contributed by atoms with van der Waals surface area (Å²) in [4.78, 5) is 4.11. The Labute approximate surface area is 124 Å². The summed E-state index contributed by atoms with van der Waals surface area (Å²) in [5.74, 6) is -0.636. The van der Waals surface area contributed by atoms with Gasteiger partial charge in [0.25, 0.3) is 0 Å². The van der Waals surface area contributed by atoms with E-state index in [4.69, 9.17) is 11.6 Å². The van der Waals surface area contributed by atoms with Gasteiger partial charge in [0.05, 0.1) is 12.2 Å². The molecule has 2 heterocycles. The van der Waals surface area contributed by atoms with E-state index in [0.717, 1.165) is 6.07 Å². The molecule has 4 nitrogen and oxygen atoms in total. The van der Waals surface area contributed by atoms with Crippen LogP contribution in [-0.2, 0) is 0 Å². The molecule has 0 saturated carbocycles. The van der Waals surface area contributed by atoms with Gasteiger partial charge < -0.3 is 5.32 Å². The summed E-state index contributed by atoms with van der Waals surface area (Å²) in [6.45, 7) is 1.76. The summed E-state index contributed by atoms with van der Waals surface area (Å²) in [6, 6.07) is 6.40. The predicted octanol–water partition coefficient (Wildman–Crippen LogP) is 3.83. The number of rotatable bonds is 3. The Balaban J connectivity index is 1.96. The van der Waals surface area contributed by atoms with Crippen LogP contribution in [0.25, 0.3) is 5.65 Å². The maximum Gasteiger partial charge on any atom is 0.159 e. The van der Waals surface area contributed by atoms with E-state index in [2.05, 4.69) is 15.4 Å². The SMILES string of the molecule is C[C@@H](Nc1cc(Cl)nc2ccnn12)c1ccc(F)cc1F. The van der Waals surface area contributed by atoms with Crippen LogP contribution in [0.3, 0.4) is 0 Å². The smallest absolute Gasteiger partial charge is 0.159 e. The third-order valence-corrected chi connectivity index (χ3v) is 3.32. The van der Waals surface area contributed by atoms with Crippen molar-refractivity contribution in [1.82, 2.24) is 14.6 Å². The molecule has 0 aliphatic carbocycles. The molecule has 0 radical (unpaired) electrons. The Hall–Kier alpha value is -2.21. The number of nitrogens with zero attached hydrogens (tertiary/aromatic N) is 3. The predicted molar refractivity (Wildman–Crippen MR) is 76.4 cm³/mol. The quantitative estimate of drug-likeness (QED) is 0.748. The molecule has 7 heteroatoms. The van der Waals surface area contributed by atoms with Gasteiger partial charge in [-0.05, 0) is 13.0 Å². The highest BCUT2D eigenvalue weighted by Crippen LogP contribution is 2.24. The lowest BCUT2D eigenvalue weighted by Gasteiger charge is -2.17. The summed E-state index contributed by atoms with van der Waals surface area (Å²) in [6.07, 6.45) is 1.59. The molecule has 0 bridgehead atoms. The van der Waals surface area contributed by atoms with Crippen LogP contribution < -0.4 is 5.32 Å². The zero-order valence-corrected chi connectivity index (χ0v) is 11.8. The van der Waals surface area contributed by atoms with E-state index >= 15 is 0 Å². The van der Waals surface area contributed by atoms with Crippen LogP contribution >= 0.6 is 11.6 Å². The minimum absolute atomic E-state index is 0.303. The first kappa shape index (κ1) is 13.8. The summed E-state index contributed by atoms with van der Waals surface area (Å²) >= 11 is 5.95. The topological polar surface area (TPSA) is 42.2 Å². The molecule has 0 spiro atoms.